The Balaban J connectivity index is 1.44. The van der Waals surface area contributed by atoms with Crippen molar-refractivity contribution >= 4 is 0 Å². The molecule has 114 valence electrons. The largest absolute Gasteiger partial charge is 0.487 e. The van der Waals surface area contributed by atoms with Gasteiger partial charge in [0.15, 0.2) is 0 Å². The van der Waals surface area contributed by atoms with Crippen LogP contribution in [0, 0.1) is 5.41 Å². The van der Waals surface area contributed by atoms with Crippen LogP contribution in [0.15, 0.2) is 18.2 Å². The second kappa shape index (κ2) is 4.72. The van der Waals surface area contributed by atoms with Crippen LogP contribution in [-0.2, 0) is 13.0 Å². The highest BCUT2D eigenvalue weighted by Gasteiger charge is 2.43. The number of nitrogens with one attached hydrogen (secondary N) is 1. The predicted octanol–water partition coefficient (Wildman–Crippen LogP) is 2.59. The maximum Gasteiger partial charge on any atom is 0.123 e. The normalized spacial score (nSPS) is 26.2. The molecule has 2 saturated heterocycles. The van der Waals surface area contributed by atoms with Gasteiger partial charge in [-0.1, -0.05) is 12.1 Å². The second-order valence-corrected chi connectivity index (χ2v) is 7.83. The van der Waals surface area contributed by atoms with Gasteiger partial charge in [-0.25, -0.2) is 0 Å². The first-order chi connectivity index (χ1) is 10.1. The van der Waals surface area contributed by atoms with Gasteiger partial charge in [-0.05, 0) is 56.8 Å². The summed E-state index contributed by atoms with van der Waals surface area (Å²) in [7, 11) is 0. The van der Waals surface area contributed by atoms with Crippen LogP contribution in [0.4, 0.5) is 0 Å². The molecule has 2 fully saturated rings. The quantitative estimate of drug-likeness (QED) is 0.904. The lowest BCUT2D eigenvalue weighted by Gasteiger charge is -2.52. The van der Waals surface area contributed by atoms with E-state index in [9.17, 15) is 0 Å². The highest BCUT2D eigenvalue weighted by molar-refractivity contribution is 5.44. The molecule has 0 amide bonds. The van der Waals surface area contributed by atoms with Gasteiger partial charge in [0.2, 0.25) is 0 Å². The molecule has 0 radical (unpaired) electrons. The lowest BCUT2D eigenvalue weighted by atomic mass is 9.72. The Morgan fingerprint density at radius 3 is 2.71 bits per heavy atom. The highest BCUT2D eigenvalue weighted by atomic mass is 16.5. The minimum atomic E-state index is -0.0381. The number of likely N-dealkylation sites (tertiary alicyclic amines) is 1. The molecule has 0 aliphatic carbocycles. The minimum absolute atomic E-state index is 0.0381. The molecule has 1 spiro atoms. The lowest BCUT2D eigenvalue weighted by molar-refractivity contribution is -0.0283. The maximum absolute atomic E-state index is 6.05. The van der Waals surface area contributed by atoms with E-state index in [0.717, 1.165) is 18.7 Å². The molecule has 0 aromatic heterocycles. The van der Waals surface area contributed by atoms with Gasteiger partial charge in [0.05, 0.1) is 0 Å². The molecule has 3 heterocycles. The minimum Gasteiger partial charge on any atom is -0.487 e. The molecule has 3 aliphatic rings. The van der Waals surface area contributed by atoms with Crippen LogP contribution in [-0.4, -0.2) is 36.7 Å². The number of fused-ring (bicyclic) bond motifs is 1. The summed E-state index contributed by atoms with van der Waals surface area (Å²) < 4.78 is 6.05. The van der Waals surface area contributed by atoms with Gasteiger partial charge in [0.25, 0.3) is 0 Å². The summed E-state index contributed by atoms with van der Waals surface area (Å²) in [4.78, 5) is 2.62. The summed E-state index contributed by atoms with van der Waals surface area (Å²) in [6.07, 6.45) is 3.75. The van der Waals surface area contributed by atoms with E-state index in [2.05, 4.69) is 42.3 Å². The van der Waals surface area contributed by atoms with Crippen LogP contribution in [0.3, 0.4) is 0 Å². The number of hydrogen-bond donors (Lipinski definition) is 1. The fraction of sp³-hybridized carbons (Fsp3) is 0.667. The summed E-state index contributed by atoms with van der Waals surface area (Å²) in [6, 6.07) is 6.56. The van der Waals surface area contributed by atoms with Crippen molar-refractivity contribution in [1.29, 1.82) is 0 Å². The number of rotatable bonds is 2. The third-order valence-electron chi connectivity index (χ3n) is 5.40. The molecule has 4 rings (SSSR count). The first-order valence-corrected chi connectivity index (χ1v) is 8.28. The maximum atomic E-state index is 6.05. The summed E-state index contributed by atoms with van der Waals surface area (Å²) in [5.41, 5.74) is 3.50. The smallest absolute Gasteiger partial charge is 0.123 e. The van der Waals surface area contributed by atoms with E-state index >= 15 is 0 Å². The van der Waals surface area contributed by atoms with Gasteiger partial charge in [0, 0.05) is 31.6 Å². The lowest BCUT2D eigenvalue weighted by Crippen LogP contribution is -2.59. The third kappa shape index (κ3) is 2.47. The molecule has 1 N–H and O–H groups in total. The Bertz CT molecular complexity index is 538. The number of hydrogen-bond acceptors (Lipinski definition) is 3. The summed E-state index contributed by atoms with van der Waals surface area (Å²) in [6.45, 7) is 10.4. The zero-order valence-electron chi connectivity index (χ0n) is 13.2. The van der Waals surface area contributed by atoms with Crippen LogP contribution in [0.5, 0.6) is 5.75 Å². The fourth-order valence-corrected chi connectivity index (χ4v) is 4.34. The zero-order chi connectivity index (χ0) is 14.5. The number of nitrogens with zero attached hydrogens (tertiary/aromatic N) is 1. The van der Waals surface area contributed by atoms with Crippen molar-refractivity contribution in [2.24, 2.45) is 5.41 Å². The number of ether oxygens (including phenoxy) is 1. The fourth-order valence-electron chi connectivity index (χ4n) is 4.34. The van der Waals surface area contributed by atoms with Crippen LogP contribution >= 0.6 is 0 Å². The van der Waals surface area contributed by atoms with Crippen molar-refractivity contribution in [3.05, 3.63) is 29.3 Å². The van der Waals surface area contributed by atoms with Crippen LogP contribution in [0.1, 0.15) is 37.8 Å². The molecular formula is C18H26N2O. The van der Waals surface area contributed by atoms with E-state index in [-0.39, 0.29) is 5.60 Å². The standard InChI is InChI=1S/C18H26N2O/c1-17(2)10-15-14(4-3-5-16(15)21-17)11-20-12-18(13-20)6-8-19-9-7-18/h3-5,19H,6-13H2,1-2H3. The molecular weight excluding hydrogens is 260 g/mol. The summed E-state index contributed by atoms with van der Waals surface area (Å²) >= 11 is 0. The van der Waals surface area contributed by atoms with E-state index in [4.69, 9.17) is 4.74 Å². The van der Waals surface area contributed by atoms with Crippen molar-refractivity contribution in [2.45, 2.75) is 45.3 Å². The van der Waals surface area contributed by atoms with Gasteiger partial charge in [-0.15, -0.1) is 0 Å². The number of benzene rings is 1. The monoisotopic (exact) mass is 286 g/mol. The first-order valence-electron chi connectivity index (χ1n) is 8.28. The second-order valence-electron chi connectivity index (χ2n) is 7.83. The van der Waals surface area contributed by atoms with E-state index < -0.39 is 0 Å². The van der Waals surface area contributed by atoms with E-state index in [0.29, 0.717) is 5.41 Å². The molecule has 3 nitrogen and oxygen atoms in total. The third-order valence-corrected chi connectivity index (χ3v) is 5.40. The molecule has 3 aliphatic heterocycles. The Morgan fingerprint density at radius 2 is 1.95 bits per heavy atom. The van der Waals surface area contributed by atoms with Crippen molar-refractivity contribution < 1.29 is 4.74 Å². The van der Waals surface area contributed by atoms with E-state index in [1.54, 1.807) is 0 Å². The van der Waals surface area contributed by atoms with E-state index in [1.807, 2.05) is 0 Å². The Hall–Kier alpha value is -1.06. The molecule has 0 atom stereocenters. The van der Waals surface area contributed by atoms with Crippen molar-refractivity contribution in [3.63, 3.8) is 0 Å². The molecule has 1 aromatic rings. The SMILES string of the molecule is CC1(C)Cc2c(CN3CC4(CCNCC4)C3)cccc2O1. The average Bonchev–Trinajstić information content (AvgIpc) is 2.73. The molecule has 21 heavy (non-hydrogen) atoms. The molecule has 0 unspecified atom stereocenters. The Morgan fingerprint density at radius 1 is 1.19 bits per heavy atom. The first kappa shape index (κ1) is 13.6. The highest BCUT2D eigenvalue weighted by Crippen LogP contribution is 2.41. The average molecular weight is 286 g/mol. The van der Waals surface area contributed by atoms with Gasteiger partial charge >= 0.3 is 0 Å². The van der Waals surface area contributed by atoms with Crippen molar-refractivity contribution in [1.82, 2.24) is 10.2 Å². The molecule has 1 aromatic carbocycles. The van der Waals surface area contributed by atoms with Gasteiger partial charge in [0.1, 0.15) is 11.4 Å². The molecule has 3 heteroatoms. The molecule has 0 saturated carbocycles. The van der Waals surface area contributed by atoms with Crippen molar-refractivity contribution in [3.8, 4) is 5.75 Å². The topological polar surface area (TPSA) is 24.5 Å². The Kier molecular flexibility index (Phi) is 3.05. The van der Waals surface area contributed by atoms with Gasteiger partial charge in [-0.3, -0.25) is 4.90 Å². The zero-order valence-corrected chi connectivity index (χ0v) is 13.2. The van der Waals surface area contributed by atoms with Crippen molar-refractivity contribution in [2.75, 3.05) is 26.2 Å². The Labute approximate surface area is 127 Å². The van der Waals surface area contributed by atoms with Crippen LogP contribution in [0.25, 0.3) is 0 Å². The van der Waals surface area contributed by atoms with Crippen LogP contribution < -0.4 is 10.1 Å². The molecule has 0 bridgehead atoms. The summed E-state index contributed by atoms with van der Waals surface area (Å²) in [5, 5.41) is 3.48. The van der Waals surface area contributed by atoms with Gasteiger partial charge < -0.3 is 10.1 Å². The number of piperidine rings is 1. The predicted molar refractivity (Wildman–Crippen MR) is 84.7 cm³/mol. The van der Waals surface area contributed by atoms with E-state index in [1.165, 1.54) is 50.1 Å². The van der Waals surface area contributed by atoms with Gasteiger partial charge in [-0.2, -0.15) is 0 Å². The van der Waals surface area contributed by atoms with Crippen LogP contribution in [0.2, 0.25) is 0 Å². The summed E-state index contributed by atoms with van der Waals surface area (Å²) in [5.74, 6) is 1.11.